The molecule has 0 saturated heterocycles. The van der Waals surface area contributed by atoms with Crippen molar-refractivity contribution in [3.8, 4) is 0 Å². The maximum absolute atomic E-state index is 12.6. The zero-order chi connectivity index (χ0) is 15.4. The summed E-state index contributed by atoms with van der Waals surface area (Å²) >= 11 is 11.6. The second-order valence-corrected chi connectivity index (χ2v) is 5.15. The fourth-order valence-corrected chi connectivity index (χ4v) is 2.30. The summed E-state index contributed by atoms with van der Waals surface area (Å²) in [6.07, 6.45) is 0. The number of hydrogen-bond donors (Lipinski definition) is 0. The predicted octanol–water partition coefficient (Wildman–Crippen LogP) is 3.77. The Morgan fingerprint density at radius 2 is 1.76 bits per heavy atom. The average Bonchev–Trinajstić information content (AvgIpc) is 2.53. The van der Waals surface area contributed by atoms with Crippen molar-refractivity contribution >= 4 is 40.6 Å². The van der Waals surface area contributed by atoms with E-state index < -0.39 is 0 Å². The normalized spacial score (nSPS) is 10.2. The molecular weight excluding hydrogens is 309 g/mol. The highest BCUT2D eigenvalue weighted by molar-refractivity contribution is 6.32. The third-order valence-corrected chi connectivity index (χ3v) is 3.55. The number of anilines is 1. The number of carbonyl (C=O) groups is 2. The quantitative estimate of drug-likeness (QED) is 0.635. The van der Waals surface area contributed by atoms with E-state index in [9.17, 15) is 9.59 Å². The summed E-state index contributed by atoms with van der Waals surface area (Å²) in [5.41, 5.74) is 1.39. The van der Waals surface area contributed by atoms with Crippen molar-refractivity contribution < 1.29 is 9.59 Å². The van der Waals surface area contributed by atoms with Gasteiger partial charge in [-0.05, 0) is 18.2 Å². The van der Waals surface area contributed by atoms with Crippen LogP contribution in [0.4, 0.5) is 5.69 Å². The van der Waals surface area contributed by atoms with Crippen LogP contribution in [-0.2, 0) is 4.79 Å². The Balaban J connectivity index is 2.50. The van der Waals surface area contributed by atoms with Crippen molar-refractivity contribution in [1.82, 2.24) is 0 Å². The molecule has 5 heteroatoms. The van der Waals surface area contributed by atoms with Gasteiger partial charge in [0.1, 0.15) is 5.88 Å². The SMILES string of the molecule is CN(C(=O)CCl)c1ccc(Cl)cc1C(=O)c1ccccc1. The molecule has 0 heterocycles. The van der Waals surface area contributed by atoms with Crippen LogP contribution in [0.1, 0.15) is 15.9 Å². The van der Waals surface area contributed by atoms with Crippen molar-refractivity contribution in [3.05, 3.63) is 64.7 Å². The molecule has 3 nitrogen and oxygen atoms in total. The Labute approximate surface area is 133 Å². The van der Waals surface area contributed by atoms with E-state index in [1.807, 2.05) is 6.07 Å². The summed E-state index contributed by atoms with van der Waals surface area (Å²) < 4.78 is 0. The predicted molar refractivity (Wildman–Crippen MR) is 85.5 cm³/mol. The Morgan fingerprint density at radius 1 is 1.10 bits per heavy atom. The van der Waals surface area contributed by atoms with Crippen LogP contribution in [-0.4, -0.2) is 24.6 Å². The number of amides is 1. The van der Waals surface area contributed by atoms with E-state index in [0.717, 1.165) is 0 Å². The van der Waals surface area contributed by atoms with Crippen molar-refractivity contribution in [2.75, 3.05) is 17.8 Å². The van der Waals surface area contributed by atoms with E-state index in [1.54, 1.807) is 49.5 Å². The standard InChI is InChI=1S/C16H13Cl2NO2/c1-19(15(20)10-17)14-8-7-12(18)9-13(14)16(21)11-5-3-2-4-6-11/h2-9H,10H2,1H3. The number of hydrogen-bond acceptors (Lipinski definition) is 2. The first kappa shape index (κ1) is 15.5. The number of alkyl halides is 1. The van der Waals surface area contributed by atoms with Crippen LogP contribution in [0.2, 0.25) is 5.02 Å². The lowest BCUT2D eigenvalue weighted by molar-refractivity contribution is -0.116. The second-order valence-electron chi connectivity index (χ2n) is 4.44. The van der Waals surface area contributed by atoms with E-state index in [4.69, 9.17) is 23.2 Å². The molecule has 0 atom stereocenters. The number of halogens is 2. The van der Waals surface area contributed by atoms with Crippen LogP contribution in [0.15, 0.2) is 48.5 Å². The van der Waals surface area contributed by atoms with E-state index in [-0.39, 0.29) is 17.6 Å². The van der Waals surface area contributed by atoms with E-state index in [2.05, 4.69) is 0 Å². The van der Waals surface area contributed by atoms with Gasteiger partial charge in [0.25, 0.3) is 0 Å². The number of nitrogens with zero attached hydrogens (tertiary/aromatic N) is 1. The van der Waals surface area contributed by atoms with Gasteiger partial charge >= 0.3 is 0 Å². The second kappa shape index (κ2) is 6.74. The first-order chi connectivity index (χ1) is 10.0. The molecule has 0 aromatic heterocycles. The molecule has 0 radical (unpaired) electrons. The summed E-state index contributed by atoms with van der Waals surface area (Å²) in [5.74, 6) is -0.638. The van der Waals surface area contributed by atoms with E-state index in [1.165, 1.54) is 4.90 Å². The van der Waals surface area contributed by atoms with Crippen LogP contribution in [0.5, 0.6) is 0 Å². The minimum atomic E-state index is -0.291. The molecule has 0 aliphatic heterocycles. The van der Waals surface area contributed by atoms with Gasteiger partial charge in [-0.2, -0.15) is 0 Å². The molecule has 0 saturated carbocycles. The molecule has 108 valence electrons. The minimum Gasteiger partial charge on any atom is -0.314 e. The topological polar surface area (TPSA) is 37.4 Å². The molecule has 0 fully saturated rings. The zero-order valence-electron chi connectivity index (χ0n) is 11.3. The number of ketones is 1. The molecule has 0 aliphatic rings. The monoisotopic (exact) mass is 321 g/mol. The summed E-state index contributed by atoms with van der Waals surface area (Å²) in [6, 6.07) is 13.7. The van der Waals surface area contributed by atoms with Gasteiger partial charge in [-0.15, -0.1) is 11.6 Å². The molecule has 0 aliphatic carbocycles. The van der Waals surface area contributed by atoms with Gasteiger partial charge in [0.15, 0.2) is 5.78 Å². The highest BCUT2D eigenvalue weighted by atomic mass is 35.5. The molecule has 2 aromatic carbocycles. The number of carbonyl (C=O) groups excluding carboxylic acids is 2. The zero-order valence-corrected chi connectivity index (χ0v) is 12.9. The molecule has 0 spiro atoms. The van der Waals surface area contributed by atoms with Crippen LogP contribution in [0, 0.1) is 0 Å². The highest BCUT2D eigenvalue weighted by Gasteiger charge is 2.19. The molecule has 0 N–H and O–H groups in total. The van der Waals surface area contributed by atoms with Crippen molar-refractivity contribution in [2.24, 2.45) is 0 Å². The van der Waals surface area contributed by atoms with Crippen molar-refractivity contribution in [3.63, 3.8) is 0 Å². The van der Waals surface area contributed by atoms with Crippen LogP contribution in [0.25, 0.3) is 0 Å². The third-order valence-electron chi connectivity index (χ3n) is 3.09. The maximum atomic E-state index is 12.6. The van der Waals surface area contributed by atoms with Crippen LogP contribution >= 0.6 is 23.2 Å². The van der Waals surface area contributed by atoms with Gasteiger partial charge in [-0.3, -0.25) is 9.59 Å². The van der Waals surface area contributed by atoms with E-state index >= 15 is 0 Å². The van der Waals surface area contributed by atoms with Crippen molar-refractivity contribution in [2.45, 2.75) is 0 Å². The van der Waals surface area contributed by atoms with Crippen molar-refractivity contribution in [1.29, 1.82) is 0 Å². The van der Waals surface area contributed by atoms with Crippen LogP contribution in [0.3, 0.4) is 0 Å². The Morgan fingerprint density at radius 3 is 2.38 bits per heavy atom. The van der Waals surface area contributed by atoms with Crippen LogP contribution < -0.4 is 4.90 Å². The smallest absolute Gasteiger partial charge is 0.241 e. The third kappa shape index (κ3) is 3.43. The lowest BCUT2D eigenvalue weighted by Crippen LogP contribution is -2.28. The molecule has 0 unspecified atom stereocenters. The summed E-state index contributed by atoms with van der Waals surface area (Å²) in [5, 5.41) is 0.435. The highest BCUT2D eigenvalue weighted by Crippen LogP contribution is 2.26. The Bertz CT molecular complexity index is 671. The van der Waals surface area contributed by atoms with Gasteiger partial charge in [-0.25, -0.2) is 0 Å². The maximum Gasteiger partial charge on any atom is 0.241 e. The fraction of sp³-hybridized carbons (Fsp3) is 0.125. The molecule has 21 heavy (non-hydrogen) atoms. The van der Waals surface area contributed by atoms with Gasteiger partial charge in [0.2, 0.25) is 5.91 Å². The lowest BCUT2D eigenvalue weighted by atomic mass is 10.0. The summed E-state index contributed by atoms with van der Waals surface area (Å²) in [6.45, 7) is 0. The Hall–Kier alpha value is -1.84. The summed E-state index contributed by atoms with van der Waals surface area (Å²) in [7, 11) is 1.58. The number of benzene rings is 2. The molecular formula is C16H13Cl2NO2. The van der Waals surface area contributed by atoms with Gasteiger partial charge < -0.3 is 4.90 Å². The molecule has 2 rings (SSSR count). The molecule has 1 amide bonds. The number of rotatable bonds is 4. The summed E-state index contributed by atoms with van der Waals surface area (Å²) in [4.78, 5) is 25.7. The van der Waals surface area contributed by atoms with Gasteiger partial charge in [0.05, 0.1) is 5.69 Å². The molecule has 0 bridgehead atoms. The minimum absolute atomic E-state index is 0.155. The van der Waals surface area contributed by atoms with Gasteiger partial charge in [-0.1, -0.05) is 41.9 Å². The fourth-order valence-electron chi connectivity index (χ4n) is 1.95. The Kier molecular flexibility index (Phi) is 4.99. The lowest BCUT2D eigenvalue weighted by Gasteiger charge is -2.19. The molecule has 2 aromatic rings. The van der Waals surface area contributed by atoms with E-state index in [0.29, 0.717) is 21.8 Å². The first-order valence-electron chi connectivity index (χ1n) is 6.26. The van der Waals surface area contributed by atoms with Gasteiger partial charge in [0, 0.05) is 23.2 Å². The largest absolute Gasteiger partial charge is 0.314 e. The first-order valence-corrected chi connectivity index (χ1v) is 7.17. The average molecular weight is 322 g/mol.